The number of nitrogen functional groups attached to an aromatic ring is 2. The Morgan fingerprint density at radius 3 is 1.20 bits per heavy atom. The molecule has 0 amide bonds. The monoisotopic (exact) mass is 276 g/mol. The van der Waals surface area contributed by atoms with Gasteiger partial charge in [-0.25, -0.2) is 0 Å². The van der Waals surface area contributed by atoms with Gasteiger partial charge in [-0.15, -0.1) is 0 Å². The van der Waals surface area contributed by atoms with Gasteiger partial charge in [-0.3, -0.25) is 4.79 Å². The van der Waals surface area contributed by atoms with Crippen LogP contribution in [0.4, 0.5) is 11.4 Å². The summed E-state index contributed by atoms with van der Waals surface area (Å²) in [6.07, 6.45) is 0. The number of carbonyl (C=O) groups excluding carboxylic acids is 1. The number of nitrogens with two attached hydrogens (primary N) is 2. The summed E-state index contributed by atoms with van der Waals surface area (Å²) in [5, 5.41) is 37.9. The lowest BCUT2D eigenvalue weighted by atomic mass is 10.0. The first-order valence-electron chi connectivity index (χ1n) is 5.49. The Kier molecular flexibility index (Phi) is 3.03. The van der Waals surface area contributed by atoms with Gasteiger partial charge in [-0.1, -0.05) is 0 Å². The number of anilines is 2. The van der Waals surface area contributed by atoms with Crippen LogP contribution in [0.15, 0.2) is 24.3 Å². The quantitative estimate of drug-likeness (QED) is 0.271. The normalized spacial score (nSPS) is 10.4. The van der Waals surface area contributed by atoms with Gasteiger partial charge in [0, 0.05) is 11.1 Å². The lowest BCUT2D eigenvalue weighted by Crippen LogP contribution is -2.03. The predicted octanol–water partition coefficient (Wildman–Crippen LogP) is 0.904. The van der Waals surface area contributed by atoms with Crippen molar-refractivity contribution < 1.29 is 25.2 Å². The van der Waals surface area contributed by atoms with Crippen LogP contribution in [0.5, 0.6) is 23.0 Å². The highest BCUT2D eigenvalue weighted by molar-refractivity contribution is 6.10. The summed E-state index contributed by atoms with van der Waals surface area (Å²) in [7, 11) is 0. The molecule has 0 fully saturated rings. The molecule has 0 heterocycles. The van der Waals surface area contributed by atoms with E-state index in [1.165, 1.54) is 0 Å². The van der Waals surface area contributed by atoms with Gasteiger partial charge < -0.3 is 31.9 Å². The third-order valence-electron chi connectivity index (χ3n) is 2.80. The van der Waals surface area contributed by atoms with E-state index in [1.54, 1.807) is 0 Å². The third kappa shape index (κ3) is 2.12. The molecule has 0 bridgehead atoms. The number of ketones is 1. The van der Waals surface area contributed by atoms with Gasteiger partial charge in [0.2, 0.25) is 0 Å². The lowest BCUT2D eigenvalue weighted by molar-refractivity contribution is 0.103. The molecule has 0 saturated heterocycles. The molecule has 0 unspecified atom stereocenters. The van der Waals surface area contributed by atoms with Gasteiger partial charge in [0.25, 0.3) is 0 Å². The molecule has 0 spiro atoms. The van der Waals surface area contributed by atoms with Crippen molar-refractivity contribution in [3.63, 3.8) is 0 Å². The number of benzene rings is 2. The molecule has 0 aromatic heterocycles. The minimum atomic E-state index is -0.638. The molecule has 0 aliphatic carbocycles. The van der Waals surface area contributed by atoms with Crippen molar-refractivity contribution in [2.24, 2.45) is 0 Å². The van der Waals surface area contributed by atoms with Crippen LogP contribution < -0.4 is 11.5 Å². The van der Waals surface area contributed by atoms with E-state index in [9.17, 15) is 25.2 Å². The van der Waals surface area contributed by atoms with Crippen LogP contribution in [0.1, 0.15) is 15.9 Å². The number of hydrogen-bond acceptors (Lipinski definition) is 7. The summed E-state index contributed by atoms with van der Waals surface area (Å²) in [4.78, 5) is 12.2. The molecule has 7 nitrogen and oxygen atoms in total. The number of carbonyl (C=O) groups is 1. The summed E-state index contributed by atoms with van der Waals surface area (Å²) in [5.41, 5.74) is 10.1. The zero-order valence-corrected chi connectivity index (χ0v) is 10.2. The highest BCUT2D eigenvalue weighted by Crippen LogP contribution is 2.35. The molecule has 20 heavy (non-hydrogen) atoms. The number of phenolic OH excluding ortho intramolecular Hbond substituents is 4. The van der Waals surface area contributed by atoms with Gasteiger partial charge >= 0.3 is 0 Å². The zero-order valence-electron chi connectivity index (χ0n) is 10.2. The predicted molar refractivity (Wildman–Crippen MR) is 71.8 cm³/mol. The van der Waals surface area contributed by atoms with Crippen LogP contribution in [0.25, 0.3) is 0 Å². The molecular formula is C13H12N2O5. The van der Waals surface area contributed by atoms with Gasteiger partial charge in [0.1, 0.15) is 34.4 Å². The van der Waals surface area contributed by atoms with E-state index in [1.807, 2.05) is 0 Å². The molecule has 0 aliphatic rings. The maximum atomic E-state index is 12.2. The van der Waals surface area contributed by atoms with Crippen molar-refractivity contribution in [2.75, 3.05) is 11.5 Å². The molecule has 2 aromatic rings. The standard InChI is InChI=1S/C13H12N2O5/c14-11-7(16)1-5(2-8(11)17)13(20)6-3-9(18)12(15)10(19)4-6/h1-4,16-19H,14-15H2. The molecule has 7 heteroatoms. The van der Waals surface area contributed by atoms with Gasteiger partial charge in [-0.2, -0.15) is 0 Å². The second-order valence-electron chi connectivity index (χ2n) is 4.19. The molecule has 2 aromatic carbocycles. The lowest BCUT2D eigenvalue weighted by Gasteiger charge is -2.08. The van der Waals surface area contributed by atoms with Crippen molar-refractivity contribution in [1.29, 1.82) is 0 Å². The number of rotatable bonds is 2. The molecule has 104 valence electrons. The largest absolute Gasteiger partial charge is 0.506 e. The second kappa shape index (κ2) is 4.54. The Bertz CT molecular complexity index is 606. The minimum absolute atomic E-state index is 0.0576. The van der Waals surface area contributed by atoms with Crippen LogP contribution in [-0.4, -0.2) is 26.2 Å². The van der Waals surface area contributed by atoms with Crippen molar-refractivity contribution in [2.45, 2.75) is 0 Å². The molecule has 2 rings (SSSR count). The highest BCUT2D eigenvalue weighted by atomic mass is 16.3. The van der Waals surface area contributed by atoms with Gasteiger partial charge in [-0.05, 0) is 24.3 Å². The van der Waals surface area contributed by atoms with Crippen LogP contribution in [-0.2, 0) is 0 Å². The van der Waals surface area contributed by atoms with Crippen molar-refractivity contribution >= 4 is 17.2 Å². The number of hydrogen-bond donors (Lipinski definition) is 6. The molecule has 0 atom stereocenters. The number of aromatic hydroxyl groups is 4. The third-order valence-corrected chi connectivity index (χ3v) is 2.80. The Morgan fingerprint density at radius 1 is 0.700 bits per heavy atom. The van der Waals surface area contributed by atoms with Gasteiger partial charge in [0.15, 0.2) is 5.78 Å². The maximum absolute atomic E-state index is 12.2. The first-order chi connectivity index (χ1) is 9.31. The molecular weight excluding hydrogens is 264 g/mol. The maximum Gasteiger partial charge on any atom is 0.193 e. The topological polar surface area (TPSA) is 150 Å². The Hall–Kier alpha value is -3.09. The van der Waals surface area contributed by atoms with Crippen molar-refractivity contribution in [3.05, 3.63) is 35.4 Å². The Labute approximate surface area is 113 Å². The number of phenols is 4. The van der Waals surface area contributed by atoms with E-state index in [2.05, 4.69) is 0 Å². The fourth-order valence-corrected chi connectivity index (χ4v) is 1.67. The molecule has 0 radical (unpaired) electrons. The fourth-order valence-electron chi connectivity index (χ4n) is 1.67. The van der Waals surface area contributed by atoms with Gasteiger partial charge in [0.05, 0.1) is 0 Å². The van der Waals surface area contributed by atoms with E-state index in [-0.39, 0.29) is 22.5 Å². The second-order valence-corrected chi connectivity index (χ2v) is 4.19. The summed E-state index contributed by atoms with van der Waals surface area (Å²) in [6, 6.07) is 4.29. The first kappa shape index (κ1) is 13.3. The van der Waals surface area contributed by atoms with Crippen molar-refractivity contribution in [1.82, 2.24) is 0 Å². The van der Waals surface area contributed by atoms with Crippen molar-refractivity contribution in [3.8, 4) is 23.0 Å². The fraction of sp³-hybridized carbons (Fsp3) is 0. The van der Waals surface area contributed by atoms with E-state index in [0.29, 0.717) is 0 Å². The van der Waals surface area contributed by atoms with E-state index in [0.717, 1.165) is 24.3 Å². The van der Waals surface area contributed by atoms with Crippen LogP contribution in [0.3, 0.4) is 0 Å². The SMILES string of the molecule is Nc1c(O)cc(C(=O)c2cc(O)c(N)c(O)c2)cc1O. The van der Waals surface area contributed by atoms with E-state index in [4.69, 9.17) is 11.5 Å². The highest BCUT2D eigenvalue weighted by Gasteiger charge is 2.17. The van der Waals surface area contributed by atoms with Crippen LogP contribution in [0, 0.1) is 0 Å². The molecule has 8 N–H and O–H groups in total. The zero-order chi connectivity index (χ0) is 15.0. The summed E-state index contributed by atoms with van der Waals surface area (Å²) >= 11 is 0. The minimum Gasteiger partial charge on any atom is -0.506 e. The Morgan fingerprint density at radius 2 is 0.950 bits per heavy atom. The van der Waals surface area contributed by atoms with E-state index < -0.39 is 28.8 Å². The summed E-state index contributed by atoms with van der Waals surface area (Å²) in [5.74, 6) is -2.43. The average molecular weight is 276 g/mol. The molecule has 0 saturated carbocycles. The summed E-state index contributed by atoms with van der Waals surface area (Å²) in [6.45, 7) is 0. The average Bonchev–Trinajstić information content (AvgIpc) is 2.40. The summed E-state index contributed by atoms with van der Waals surface area (Å²) < 4.78 is 0. The molecule has 0 aliphatic heterocycles. The van der Waals surface area contributed by atoms with Crippen LogP contribution >= 0.6 is 0 Å². The van der Waals surface area contributed by atoms with Crippen LogP contribution in [0.2, 0.25) is 0 Å². The van der Waals surface area contributed by atoms with E-state index >= 15 is 0 Å². The Balaban J connectivity index is 2.52. The smallest absolute Gasteiger partial charge is 0.193 e. The first-order valence-corrected chi connectivity index (χ1v) is 5.49.